The molecule has 0 radical (unpaired) electrons. The maximum absolute atomic E-state index is 13.7. The lowest BCUT2D eigenvalue weighted by molar-refractivity contribution is -0.386. The van der Waals surface area contributed by atoms with Gasteiger partial charge in [-0.15, -0.1) is 0 Å². The highest BCUT2D eigenvalue weighted by atomic mass is 19.1. The number of nitrogens with two attached hydrogens (primary N) is 1. The van der Waals surface area contributed by atoms with Gasteiger partial charge in [0.05, 0.1) is 17.1 Å². The maximum atomic E-state index is 13.7. The number of nitrogens with zero attached hydrogens (tertiary/aromatic N) is 1. The summed E-state index contributed by atoms with van der Waals surface area (Å²) in [6, 6.07) is 3.85. The molecule has 0 aromatic heterocycles. The molecule has 0 unspecified atom stereocenters. The van der Waals surface area contributed by atoms with Crippen LogP contribution in [0.4, 0.5) is 10.1 Å². The molecule has 0 aliphatic heterocycles. The van der Waals surface area contributed by atoms with Gasteiger partial charge in [-0.05, 0) is 18.9 Å². The molecule has 5 nitrogen and oxygen atoms in total. The monoisotopic (exact) mass is 226 g/mol. The summed E-state index contributed by atoms with van der Waals surface area (Å²) in [7, 11) is 0. The highest BCUT2D eigenvalue weighted by molar-refractivity contribution is 5.49. The maximum Gasteiger partial charge on any atom is 0.276 e. The molecule has 16 heavy (non-hydrogen) atoms. The van der Waals surface area contributed by atoms with Gasteiger partial charge >= 0.3 is 0 Å². The van der Waals surface area contributed by atoms with Crippen molar-refractivity contribution in [2.75, 3.05) is 6.61 Å². The summed E-state index contributed by atoms with van der Waals surface area (Å²) >= 11 is 0. The molecule has 0 heterocycles. The summed E-state index contributed by atoms with van der Waals surface area (Å²) in [6.45, 7) is 0.106. The topological polar surface area (TPSA) is 78.4 Å². The van der Waals surface area contributed by atoms with Gasteiger partial charge in [-0.25, -0.2) is 10.3 Å². The molecule has 1 aliphatic carbocycles. The van der Waals surface area contributed by atoms with Crippen molar-refractivity contribution in [2.45, 2.75) is 18.3 Å². The third kappa shape index (κ3) is 1.66. The van der Waals surface area contributed by atoms with E-state index in [2.05, 4.69) is 4.84 Å². The molecule has 0 amide bonds. The van der Waals surface area contributed by atoms with Gasteiger partial charge in [0.1, 0.15) is 5.82 Å². The Bertz CT molecular complexity index is 432. The molecule has 86 valence electrons. The van der Waals surface area contributed by atoms with Crippen LogP contribution in [0.25, 0.3) is 0 Å². The summed E-state index contributed by atoms with van der Waals surface area (Å²) in [4.78, 5) is 14.8. The third-order valence-corrected chi connectivity index (χ3v) is 2.93. The lowest BCUT2D eigenvalue weighted by Crippen LogP contribution is -2.20. The minimum absolute atomic E-state index is 0.106. The fraction of sp³-hybridized carbons (Fsp3) is 0.400. The molecule has 1 aromatic carbocycles. The molecular formula is C10H11FN2O3. The van der Waals surface area contributed by atoms with Crippen LogP contribution in [0.15, 0.2) is 18.2 Å². The lowest BCUT2D eigenvalue weighted by Gasteiger charge is -2.14. The number of nitro benzene ring substituents is 1. The van der Waals surface area contributed by atoms with Gasteiger partial charge in [0.15, 0.2) is 0 Å². The van der Waals surface area contributed by atoms with E-state index in [1.165, 1.54) is 18.2 Å². The van der Waals surface area contributed by atoms with Crippen LogP contribution < -0.4 is 5.90 Å². The second-order valence-corrected chi connectivity index (χ2v) is 3.98. The fourth-order valence-corrected chi connectivity index (χ4v) is 1.97. The van der Waals surface area contributed by atoms with Crippen molar-refractivity contribution in [1.82, 2.24) is 0 Å². The lowest BCUT2D eigenvalue weighted by atomic mass is 9.94. The Balaban J connectivity index is 2.50. The van der Waals surface area contributed by atoms with E-state index >= 15 is 0 Å². The first-order valence-electron chi connectivity index (χ1n) is 4.86. The minimum atomic E-state index is -0.609. The van der Waals surface area contributed by atoms with Crippen molar-refractivity contribution >= 4 is 5.69 Å². The van der Waals surface area contributed by atoms with Crippen LogP contribution in [0.5, 0.6) is 0 Å². The number of hydrogen-bond acceptors (Lipinski definition) is 4. The predicted octanol–water partition coefficient (Wildman–Crippen LogP) is 1.66. The quantitative estimate of drug-likeness (QED) is 0.625. The molecule has 1 fully saturated rings. The fourth-order valence-electron chi connectivity index (χ4n) is 1.97. The first-order valence-corrected chi connectivity index (χ1v) is 4.86. The van der Waals surface area contributed by atoms with Gasteiger partial charge in [-0.2, -0.15) is 0 Å². The van der Waals surface area contributed by atoms with Crippen molar-refractivity contribution in [3.63, 3.8) is 0 Å². The SMILES string of the molecule is NOCC1(c2c(F)cccc2[N+](=O)[O-])CC1. The van der Waals surface area contributed by atoms with Crippen molar-refractivity contribution < 1.29 is 14.2 Å². The number of nitro groups is 1. The summed E-state index contributed by atoms with van der Waals surface area (Å²) in [5, 5.41) is 10.8. The number of rotatable bonds is 4. The normalized spacial score (nSPS) is 17.1. The molecule has 0 spiro atoms. The first-order chi connectivity index (χ1) is 7.60. The Hall–Kier alpha value is -1.53. The molecule has 2 N–H and O–H groups in total. The summed E-state index contributed by atoms with van der Waals surface area (Å²) in [6.07, 6.45) is 1.32. The molecule has 0 saturated heterocycles. The molecule has 2 rings (SSSR count). The molecule has 1 aliphatic rings. The van der Waals surface area contributed by atoms with Crippen molar-refractivity contribution in [1.29, 1.82) is 0 Å². The third-order valence-electron chi connectivity index (χ3n) is 2.93. The van der Waals surface area contributed by atoms with E-state index in [1.54, 1.807) is 0 Å². The molecular weight excluding hydrogens is 215 g/mol. The van der Waals surface area contributed by atoms with Crippen LogP contribution in [0.2, 0.25) is 0 Å². The first kappa shape index (κ1) is 11.0. The molecule has 0 atom stereocenters. The number of benzene rings is 1. The van der Waals surface area contributed by atoms with E-state index in [4.69, 9.17) is 5.90 Å². The van der Waals surface area contributed by atoms with Crippen LogP contribution in [0.3, 0.4) is 0 Å². The Morgan fingerprint density at radius 2 is 2.25 bits per heavy atom. The van der Waals surface area contributed by atoms with Gasteiger partial charge in [0.25, 0.3) is 5.69 Å². The average Bonchev–Trinajstić information content (AvgIpc) is 2.98. The van der Waals surface area contributed by atoms with Gasteiger partial charge in [0, 0.05) is 11.5 Å². The molecule has 0 bridgehead atoms. The Morgan fingerprint density at radius 1 is 1.56 bits per heavy atom. The Morgan fingerprint density at radius 3 is 2.75 bits per heavy atom. The zero-order valence-corrected chi connectivity index (χ0v) is 8.48. The zero-order valence-electron chi connectivity index (χ0n) is 8.48. The highest BCUT2D eigenvalue weighted by Gasteiger charge is 2.50. The largest absolute Gasteiger partial charge is 0.304 e. The van der Waals surface area contributed by atoms with E-state index in [-0.39, 0.29) is 17.9 Å². The van der Waals surface area contributed by atoms with Crippen LogP contribution in [-0.4, -0.2) is 11.5 Å². The van der Waals surface area contributed by atoms with Crippen LogP contribution in [-0.2, 0) is 10.3 Å². The smallest absolute Gasteiger partial charge is 0.276 e. The van der Waals surface area contributed by atoms with E-state index < -0.39 is 16.2 Å². The average molecular weight is 226 g/mol. The summed E-state index contributed by atoms with van der Waals surface area (Å²) in [5.74, 6) is 4.41. The van der Waals surface area contributed by atoms with E-state index in [1.807, 2.05) is 0 Å². The minimum Gasteiger partial charge on any atom is -0.304 e. The molecule has 1 saturated carbocycles. The van der Waals surface area contributed by atoms with E-state index in [9.17, 15) is 14.5 Å². The second-order valence-electron chi connectivity index (χ2n) is 3.98. The van der Waals surface area contributed by atoms with E-state index in [0.717, 1.165) is 0 Å². The van der Waals surface area contributed by atoms with Crippen LogP contribution in [0, 0.1) is 15.9 Å². The highest BCUT2D eigenvalue weighted by Crippen LogP contribution is 2.51. The van der Waals surface area contributed by atoms with Crippen molar-refractivity contribution in [2.24, 2.45) is 5.90 Å². The van der Waals surface area contributed by atoms with Crippen LogP contribution >= 0.6 is 0 Å². The van der Waals surface area contributed by atoms with Crippen molar-refractivity contribution in [3.05, 3.63) is 39.7 Å². The van der Waals surface area contributed by atoms with Gasteiger partial charge < -0.3 is 4.84 Å². The Kier molecular flexibility index (Phi) is 2.61. The van der Waals surface area contributed by atoms with Gasteiger partial charge in [-0.3, -0.25) is 10.1 Å². The molecule has 6 heteroatoms. The molecule has 1 aromatic rings. The summed E-state index contributed by atoms with van der Waals surface area (Å²) < 4.78 is 13.7. The zero-order chi connectivity index (χ0) is 11.8. The standard InChI is InChI=1S/C10H11FN2O3/c11-7-2-1-3-8(13(14)15)9(7)10(4-5-10)6-16-12/h1-3H,4-6,12H2. The van der Waals surface area contributed by atoms with Gasteiger partial charge in [0.2, 0.25) is 0 Å². The predicted molar refractivity (Wildman–Crippen MR) is 54.1 cm³/mol. The Labute approximate surface area is 91.1 Å². The number of hydrogen-bond donors (Lipinski definition) is 1. The van der Waals surface area contributed by atoms with E-state index in [0.29, 0.717) is 12.8 Å². The second kappa shape index (κ2) is 3.80. The van der Waals surface area contributed by atoms with Crippen molar-refractivity contribution in [3.8, 4) is 0 Å². The summed E-state index contributed by atoms with van der Waals surface area (Å²) in [5.41, 5.74) is -0.692. The van der Waals surface area contributed by atoms with Gasteiger partial charge in [-0.1, -0.05) is 6.07 Å². The number of halogens is 1. The van der Waals surface area contributed by atoms with Crippen LogP contribution in [0.1, 0.15) is 18.4 Å².